The number of amides is 1. The molecule has 0 unspecified atom stereocenters. The molecule has 1 aliphatic carbocycles. The number of nitrogens with one attached hydrogen (secondary N) is 1. The molecule has 7 rings (SSSR count). The molecule has 224 valence electrons. The number of ether oxygens (including phenoxy) is 3. The van der Waals surface area contributed by atoms with Crippen LogP contribution < -0.4 is 0 Å². The van der Waals surface area contributed by atoms with Crippen molar-refractivity contribution >= 4 is 34.7 Å². The number of likely N-dealkylation sites (tertiary alicyclic amines) is 1. The van der Waals surface area contributed by atoms with E-state index in [1.807, 2.05) is 6.07 Å². The fraction of sp³-hybridized carbons (Fsp3) is 0.438. The minimum atomic E-state index is -1.85. The summed E-state index contributed by atoms with van der Waals surface area (Å²) in [6.45, 7) is 5.33. The number of carbonyl (C=O) groups excluding carboxylic acids is 4. The quantitative estimate of drug-likeness (QED) is 0.301. The summed E-state index contributed by atoms with van der Waals surface area (Å²) in [4.78, 5) is 59.2. The lowest BCUT2D eigenvalue weighted by atomic mass is 9.52. The molecule has 6 atom stereocenters. The number of phenolic OH excluding ortho intramolecular Hbond substituents is 1. The lowest BCUT2D eigenvalue weighted by Gasteiger charge is -2.51. The molecule has 4 aliphatic rings. The van der Waals surface area contributed by atoms with Gasteiger partial charge in [-0.25, -0.2) is 4.79 Å². The minimum absolute atomic E-state index is 0.00891. The molecular weight excluding hydrogens is 556 g/mol. The van der Waals surface area contributed by atoms with Crippen LogP contribution in [0.4, 0.5) is 0 Å². The molecule has 1 saturated carbocycles. The Morgan fingerprint density at radius 3 is 2.56 bits per heavy atom. The molecule has 3 aromatic rings. The van der Waals surface area contributed by atoms with Crippen LogP contribution in [0.5, 0.6) is 5.75 Å². The van der Waals surface area contributed by atoms with Gasteiger partial charge in [-0.05, 0) is 41.7 Å². The van der Waals surface area contributed by atoms with E-state index in [1.54, 1.807) is 69.4 Å². The van der Waals surface area contributed by atoms with Crippen molar-refractivity contribution in [2.75, 3.05) is 6.54 Å². The maximum Gasteiger partial charge on any atom is 0.338 e. The van der Waals surface area contributed by atoms with Gasteiger partial charge in [-0.1, -0.05) is 45.0 Å². The van der Waals surface area contributed by atoms with Crippen LogP contribution in [-0.4, -0.2) is 74.5 Å². The van der Waals surface area contributed by atoms with E-state index in [0.29, 0.717) is 16.5 Å². The Hall–Kier alpha value is -4.38. The number of aliphatic hydroxyl groups is 1. The first-order valence-electron chi connectivity index (χ1n) is 14.3. The number of benzene rings is 2. The van der Waals surface area contributed by atoms with E-state index in [2.05, 4.69) is 4.98 Å². The zero-order valence-electron chi connectivity index (χ0n) is 24.0. The van der Waals surface area contributed by atoms with Crippen molar-refractivity contribution in [2.24, 2.45) is 16.2 Å². The summed E-state index contributed by atoms with van der Waals surface area (Å²) in [5, 5.41) is 23.9. The summed E-state index contributed by atoms with van der Waals surface area (Å²) in [6, 6.07) is 13.2. The van der Waals surface area contributed by atoms with Gasteiger partial charge in [-0.3, -0.25) is 14.4 Å². The Kier molecular flexibility index (Phi) is 5.63. The maximum atomic E-state index is 14.5. The Morgan fingerprint density at radius 1 is 1.09 bits per heavy atom. The highest BCUT2D eigenvalue weighted by Crippen LogP contribution is 2.76. The third-order valence-electron chi connectivity index (χ3n) is 10.2. The molecule has 3 N–H and O–H groups in total. The van der Waals surface area contributed by atoms with Crippen LogP contribution in [0.1, 0.15) is 49.5 Å². The molecule has 43 heavy (non-hydrogen) atoms. The van der Waals surface area contributed by atoms with E-state index < -0.39 is 70.5 Å². The predicted octanol–water partition coefficient (Wildman–Crippen LogP) is 2.84. The van der Waals surface area contributed by atoms with E-state index in [1.165, 1.54) is 4.90 Å². The number of rotatable bonds is 5. The molecule has 11 nitrogen and oxygen atoms in total. The van der Waals surface area contributed by atoms with E-state index in [9.17, 15) is 29.4 Å². The Balaban J connectivity index is 1.37. The van der Waals surface area contributed by atoms with Crippen LogP contribution >= 0.6 is 0 Å². The Bertz CT molecular complexity index is 1690. The van der Waals surface area contributed by atoms with E-state index >= 15 is 0 Å². The summed E-state index contributed by atoms with van der Waals surface area (Å²) in [5.74, 6) is -2.80. The normalized spacial score (nSPS) is 32.9. The second-order valence-corrected chi connectivity index (χ2v) is 13.0. The van der Waals surface area contributed by atoms with Gasteiger partial charge in [-0.2, -0.15) is 0 Å². The molecule has 2 aromatic carbocycles. The fourth-order valence-electron chi connectivity index (χ4n) is 8.24. The summed E-state index contributed by atoms with van der Waals surface area (Å²) < 4.78 is 17.7. The van der Waals surface area contributed by atoms with Crippen molar-refractivity contribution in [1.82, 2.24) is 9.88 Å². The van der Waals surface area contributed by atoms with Crippen LogP contribution in [0.15, 0.2) is 54.7 Å². The van der Waals surface area contributed by atoms with E-state index in [4.69, 9.17) is 14.2 Å². The number of hydrogen-bond acceptors (Lipinski definition) is 9. The highest BCUT2D eigenvalue weighted by atomic mass is 16.6. The zero-order chi connectivity index (χ0) is 30.5. The van der Waals surface area contributed by atoms with Gasteiger partial charge in [0.25, 0.3) is 5.91 Å². The fourth-order valence-corrected chi connectivity index (χ4v) is 8.24. The number of nitrogens with zero attached hydrogens (tertiary/aromatic N) is 1. The van der Waals surface area contributed by atoms with Crippen LogP contribution in [0.2, 0.25) is 0 Å². The topological polar surface area (TPSA) is 155 Å². The number of phenols is 1. The van der Waals surface area contributed by atoms with Crippen molar-refractivity contribution in [2.45, 2.75) is 64.1 Å². The first-order valence-corrected chi connectivity index (χ1v) is 14.3. The second-order valence-electron chi connectivity index (χ2n) is 13.0. The second kappa shape index (κ2) is 8.82. The number of H-pyrrole nitrogens is 1. The van der Waals surface area contributed by atoms with Crippen molar-refractivity contribution in [3.05, 3.63) is 65.9 Å². The van der Waals surface area contributed by atoms with Crippen LogP contribution in [-0.2, 0) is 35.0 Å². The van der Waals surface area contributed by atoms with Gasteiger partial charge >= 0.3 is 17.9 Å². The average molecular weight is 589 g/mol. The van der Waals surface area contributed by atoms with Crippen molar-refractivity contribution in [3.8, 4) is 5.75 Å². The van der Waals surface area contributed by atoms with Gasteiger partial charge in [0.05, 0.1) is 17.6 Å². The first-order chi connectivity index (χ1) is 20.4. The number of aromatic nitrogens is 1. The molecule has 0 radical (unpaired) electrons. The van der Waals surface area contributed by atoms with Gasteiger partial charge in [0.15, 0.2) is 12.3 Å². The molecule has 3 saturated heterocycles. The van der Waals surface area contributed by atoms with Crippen molar-refractivity contribution in [3.63, 3.8) is 0 Å². The highest BCUT2D eigenvalue weighted by Gasteiger charge is 2.93. The number of hydrogen-bond donors (Lipinski definition) is 3. The lowest BCUT2D eigenvalue weighted by Crippen LogP contribution is -2.66. The molecule has 2 spiro atoms. The third kappa shape index (κ3) is 3.28. The summed E-state index contributed by atoms with van der Waals surface area (Å²) in [7, 11) is 0. The maximum absolute atomic E-state index is 14.5. The van der Waals surface area contributed by atoms with Crippen molar-refractivity contribution < 1.29 is 43.6 Å². The summed E-state index contributed by atoms with van der Waals surface area (Å²) >= 11 is 0. The van der Waals surface area contributed by atoms with Crippen LogP contribution in [0.25, 0.3) is 10.9 Å². The third-order valence-corrected chi connectivity index (χ3v) is 10.2. The largest absolute Gasteiger partial charge is 0.507 e. The molecular formula is C32H32N2O9. The smallest absolute Gasteiger partial charge is 0.338 e. The lowest BCUT2D eigenvalue weighted by molar-refractivity contribution is -0.211. The monoisotopic (exact) mass is 588 g/mol. The van der Waals surface area contributed by atoms with Gasteiger partial charge in [-0.15, -0.1) is 0 Å². The Labute approximate surface area is 246 Å². The van der Waals surface area contributed by atoms with Gasteiger partial charge in [0.2, 0.25) is 0 Å². The van der Waals surface area contributed by atoms with Gasteiger partial charge in [0.1, 0.15) is 22.7 Å². The summed E-state index contributed by atoms with van der Waals surface area (Å²) in [6.07, 6.45) is -2.64. The minimum Gasteiger partial charge on any atom is -0.507 e. The zero-order valence-corrected chi connectivity index (χ0v) is 24.0. The van der Waals surface area contributed by atoms with Crippen molar-refractivity contribution in [1.29, 1.82) is 0 Å². The predicted molar refractivity (Wildman–Crippen MR) is 149 cm³/mol. The summed E-state index contributed by atoms with van der Waals surface area (Å²) in [5.41, 5.74) is -4.80. The molecule has 0 bridgehead atoms. The van der Waals surface area contributed by atoms with E-state index in [0.717, 1.165) is 0 Å². The standard InChI is InChI=1S/C32H32N2O9/c1-29(2,3)31(40)14-21-30(15-22(36)41-21)28(39)43-27-32(30,31)24(42-26(38)17-8-5-4-6-9-17)25(37)34(27)13-12-18-16-33-19-10-7-11-20(35)23(18)19/h4-11,16,21,24,27,33,35,40H,12-15H2,1-3H3/t21-,24-,27-,30-,31+,32+/m0/s1. The molecule has 3 aliphatic heterocycles. The number of aromatic amines is 1. The van der Waals surface area contributed by atoms with Crippen LogP contribution in [0.3, 0.4) is 0 Å². The van der Waals surface area contributed by atoms with Gasteiger partial charge in [0, 0.05) is 30.1 Å². The number of carbonyl (C=O) groups is 4. The molecule has 4 heterocycles. The Morgan fingerprint density at radius 2 is 1.84 bits per heavy atom. The van der Waals surface area contributed by atoms with Gasteiger partial charge < -0.3 is 34.3 Å². The average Bonchev–Trinajstić information content (AvgIpc) is 3.69. The number of esters is 3. The highest BCUT2D eigenvalue weighted by molar-refractivity contribution is 5.99. The SMILES string of the molecule is CC(C)(C)[C@]1(O)C[C@@H]2OC(=O)C[C@@]23C(=O)O[C@@H]2N(CCc4c[nH]c5cccc(O)c45)C(=O)[C@H](OC(=O)c4ccccc4)[C@]213. The molecule has 1 aromatic heterocycles. The molecule has 4 fully saturated rings. The van der Waals surface area contributed by atoms with E-state index in [-0.39, 0.29) is 30.7 Å². The number of fused-ring (bicyclic) bond motifs is 1. The first kappa shape index (κ1) is 27.5. The number of aromatic hydroxyl groups is 1. The molecule has 11 heteroatoms. The molecule has 1 amide bonds. The van der Waals surface area contributed by atoms with Crippen LogP contribution in [0, 0.1) is 16.2 Å².